The molecular weight excluding hydrogens is 977 g/mol. The molecule has 13 aromatic rings. The minimum absolute atomic E-state index is 1.18. The molecule has 0 aliphatic carbocycles. The summed E-state index contributed by atoms with van der Waals surface area (Å²) in [5.41, 5.74) is 7.43. The number of hydrogen-bond donors (Lipinski definition) is 0. The van der Waals surface area contributed by atoms with Gasteiger partial charge < -0.3 is 9.47 Å². The van der Waals surface area contributed by atoms with Crippen molar-refractivity contribution in [2.45, 2.75) is 0 Å². The van der Waals surface area contributed by atoms with Crippen LogP contribution in [-0.4, -0.2) is 28.8 Å². The van der Waals surface area contributed by atoms with Crippen molar-refractivity contribution in [1.82, 2.24) is 4.57 Å². The van der Waals surface area contributed by atoms with E-state index in [1.807, 2.05) is 0 Å². The predicted molar refractivity (Wildman–Crippen MR) is 333 cm³/mol. The van der Waals surface area contributed by atoms with Gasteiger partial charge >= 0.3 is 0 Å². The first-order valence-corrected chi connectivity index (χ1v) is 32.8. The van der Waals surface area contributed by atoms with E-state index in [-0.39, 0.29) is 0 Å². The fourth-order valence-electron chi connectivity index (χ4n) is 14.1. The molecule has 5 heteroatoms. The van der Waals surface area contributed by atoms with E-state index in [0.717, 1.165) is 0 Å². The van der Waals surface area contributed by atoms with Crippen LogP contribution < -0.4 is 67.1 Å². The Bertz CT molecular complexity index is 3990. The van der Waals surface area contributed by atoms with E-state index in [2.05, 4.69) is 325 Å². The third-order valence-electron chi connectivity index (χ3n) is 17.0. The van der Waals surface area contributed by atoms with E-state index >= 15 is 0 Å². The predicted octanol–water partition coefficient (Wildman–Crippen LogP) is 9.01. The standard InChI is InChI=1S/C72H52N2Si3/c1-8-28-54(29-9-1)75(55-30-10-2-11-31-55,56-32-12-3-13-33-56)61-48-49-63-62-42-22-23-43-64(62)73(67(63)52-61)53-50-70-72-71(51-53)77(59-38-18-6-19-39-59,60-40-20-7-21-41-60)69-47-27-25-45-66(69)74(72)65-44-24-26-46-68(65)76(70,57-34-14-4-15-35-57)58-36-16-5-17-37-58/h1-52H. The maximum atomic E-state index is 2.68. The minimum Gasteiger partial charge on any atom is -0.311 e. The summed E-state index contributed by atoms with van der Waals surface area (Å²) in [5.74, 6) is 0. The van der Waals surface area contributed by atoms with Crippen molar-refractivity contribution in [3.8, 4) is 5.69 Å². The number of para-hydroxylation sites is 3. The molecule has 0 N–H and O–H groups in total. The van der Waals surface area contributed by atoms with Crippen molar-refractivity contribution in [2.24, 2.45) is 0 Å². The lowest BCUT2D eigenvalue weighted by atomic mass is 10.1. The van der Waals surface area contributed by atoms with Crippen LogP contribution >= 0.6 is 0 Å². The van der Waals surface area contributed by atoms with Crippen LogP contribution in [0.25, 0.3) is 27.5 Å². The van der Waals surface area contributed by atoms with Crippen molar-refractivity contribution in [3.05, 3.63) is 315 Å². The molecule has 0 unspecified atom stereocenters. The van der Waals surface area contributed by atoms with Gasteiger partial charge in [-0.15, -0.1) is 0 Å². The van der Waals surface area contributed by atoms with Crippen LogP contribution in [0.2, 0.25) is 0 Å². The number of nitrogens with zero attached hydrogens (tertiary/aromatic N) is 2. The zero-order chi connectivity index (χ0) is 51.0. The Balaban J connectivity index is 1.15. The highest BCUT2D eigenvalue weighted by Gasteiger charge is 2.56. The summed E-state index contributed by atoms with van der Waals surface area (Å²) in [6.45, 7) is 0. The van der Waals surface area contributed by atoms with E-state index in [4.69, 9.17) is 0 Å². The van der Waals surface area contributed by atoms with Gasteiger partial charge in [-0.1, -0.05) is 279 Å². The zero-order valence-electron chi connectivity index (χ0n) is 42.4. The van der Waals surface area contributed by atoms with Crippen LogP contribution in [0.5, 0.6) is 0 Å². The molecular formula is C72H52N2Si3. The largest absolute Gasteiger partial charge is 0.311 e. The molecule has 2 aliphatic rings. The van der Waals surface area contributed by atoms with Gasteiger partial charge in [0.2, 0.25) is 0 Å². The molecule has 0 saturated heterocycles. The Morgan fingerprint density at radius 1 is 0.260 bits per heavy atom. The first kappa shape index (κ1) is 45.3. The summed E-state index contributed by atoms with van der Waals surface area (Å²) in [4.78, 5) is 2.68. The van der Waals surface area contributed by atoms with Crippen LogP contribution in [0.3, 0.4) is 0 Å². The lowest BCUT2D eigenvalue weighted by Gasteiger charge is -2.52. The maximum absolute atomic E-state index is 3.20. The molecule has 3 heterocycles. The molecule has 15 rings (SSSR count). The third-order valence-corrected chi connectivity index (χ3v) is 31.4. The van der Waals surface area contributed by atoms with Crippen molar-refractivity contribution in [3.63, 3.8) is 0 Å². The molecule has 77 heavy (non-hydrogen) atoms. The average Bonchev–Trinajstić information content (AvgIpc) is 3.38. The fourth-order valence-corrected chi connectivity index (χ4v) is 29.2. The Labute approximate surface area is 453 Å². The fraction of sp³-hybridized carbons (Fsp3) is 0. The molecule has 0 atom stereocenters. The van der Waals surface area contributed by atoms with E-state index in [1.54, 1.807) is 0 Å². The van der Waals surface area contributed by atoms with Crippen molar-refractivity contribution >= 4 is 125 Å². The maximum Gasteiger partial charge on any atom is 0.184 e. The Kier molecular flexibility index (Phi) is 10.6. The Morgan fingerprint density at radius 3 is 1.04 bits per heavy atom. The summed E-state index contributed by atoms with van der Waals surface area (Å²) in [6.07, 6.45) is 0. The van der Waals surface area contributed by atoms with E-state index in [1.165, 1.54) is 107 Å². The van der Waals surface area contributed by atoms with E-state index in [0.29, 0.717) is 0 Å². The summed E-state index contributed by atoms with van der Waals surface area (Å²) >= 11 is 0. The van der Waals surface area contributed by atoms with Crippen LogP contribution in [0.4, 0.5) is 17.1 Å². The first-order chi connectivity index (χ1) is 38.2. The van der Waals surface area contributed by atoms with Crippen LogP contribution in [0, 0.1) is 0 Å². The zero-order valence-corrected chi connectivity index (χ0v) is 45.4. The number of aromatic nitrogens is 1. The second kappa shape index (κ2) is 18.0. The second-order valence-corrected chi connectivity index (χ2v) is 31.9. The van der Waals surface area contributed by atoms with Crippen molar-refractivity contribution in [2.75, 3.05) is 4.90 Å². The molecule has 0 fully saturated rings. The average molecular weight is 1030 g/mol. The Hall–Kier alpha value is -9.11. The monoisotopic (exact) mass is 1030 g/mol. The minimum atomic E-state index is -3.20. The van der Waals surface area contributed by atoms with E-state index < -0.39 is 24.2 Å². The van der Waals surface area contributed by atoms with Gasteiger partial charge in [0.05, 0.1) is 11.0 Å². The highest BCUT2D eigenvalue weighted by molar-refractivity contribution is 7.25. The summed E-state index contributed by atoms with van der Waals surface area (Å²) in [5, 5.41) is 19.0. The molecule has 0 bridgehead atoms. The summed E-state index contributed by atoms with van der Waals surface area (Å²) in [6, 6.07) is 121. The van der Waals surface area contributed by atoms with Gasteiger partial charge in [0.15, 0.2) is 24.2 Å². The first-order valence-electron chi connectivity index (χ1n) is 26.8. The number of rotatable bonds is 9. The van der Waals surface area contributed by atoms with Crippen molar-refractivity contribution in [1.29, 1.82) is 0 Å². The second-order valence-electron chi connectivity index (χ2n) is 20.7. The molecule has 0 saturated carbocycles. The summed E-state index contributed by atoms with van der Waals surface area (Å²) < 4.78 is 2.65. The van der Waals surface area contributed by atoms with Gasteiger partial charge in [-0.2, -0.15) is 0 Å². The van der Waals surface area contributed by atoms with Gasteiger partial charge in [0.1, 0.15) is 0 Å². The number of hydrogen-bond acceptors (Lipinski definition) is 1. The molecule has 12 aromatic carbocycles. The van der Waals surface area contributed by atoms with Crippen LogP contribution in [0.15, 0.2) is 315 Å². The highest BCUT2D eigenvalue weighted by Crippen LogP contribution is 2.43. The normalized spacial score (nSPS) is 13.9. The molecule has 2 aliphatic heterocycles. The SMILES string of the molecule is c1ccc([Si](c2ccccc2)(c2ccccc2)c2ccc3c4ccccc4n(-c4cc5c6c(c4)[Si](c4ccccc4)(c4ccccc4)c4ccccc4N6c4ccccc4[Si]5(c4ccccc4)c4ccccc4)c3c2)cc1. The van der Waals surface area contributed by atoms with Gasteiger partial charge in [0.25, 0.3) is 0 Å². The topological polar surface area (TPSA) is 8.17 Å². The molecule has 2 nitrogen and oxygen atoms in total. The van der Waals surface area contributed by atoms with Gasteiger partial charge in [-0.25, -0.2) is 0 Å². The number of fused-ring (bicyclic) bond motifs is 7. The molecule has 1 aromatic heterocycles. The third kappa shape index (κ3) is 6.45. The van der Waals surface area contributed by atoms with E-state index in [9.17, 15) is 0 Å². The molecule has 0 radical (unpaired) electrons. The molecule has 362 valence electrons. The number of benzene rings is 12. The Morgan fingerprint density at radius 2 is 0.610 bits per heavy atom. The smallest absolute Gasteiger partial charge is 0.184 e. The quantitative estimate of drug-likeness (QED) is 0.104. The van der Waals surface area contributed by atoms with Crippen LogP contribution in [0.1, 0.15) is 0 Å². The molecule has 0 amide bonds. The van der Waals surface area contributed by atoms with Crippen molar-refractivity contribution < 1.29 is 0 Å². The molecule has 0 spiro atoms. The lowest BCUT2D eigenvalue weighted by molar-refractivity contribution is 1.18. The highest BCUT2D eigenvalue weighted by atomic mass is 28.3. The lowest BCUT2D eigenvalue weighted by Crippen LogP contribution is -2.82. The van der Waals surface area contributed by atoms with Crippen LogP contribution in [-0.2, 0) is 0 Å². The van der Waals surface area contributed by atoms with Gasteiger partial charge in [0, 0.05) is 33.5 Å². The summed E-state index contributed by atoms with van der Waals surface area (Å²) in [7, 11) is -9.33. The number of anilines is 3. The van der Waals surface area contributed by atoms with Gasteiger partial charge in [-0.05, 0) is 98.6 Å². The van der Waals surface area contributed by atoms with Gasteiger partial charge in [-0.3, -0.25) is 0 Å².